The van der Waals surface area contributed by atoms with Crippen molar-refractivity contribution < 1.29 is 4.79 Å². The molecule has 0 bridgehead atoms. The first-order chi connectivity index (χ1) is 11.0. The Morgan fingerprint density at radius 3 is 2.57 bits per heavy atom. The largest absolute Gasteiger partial charge is 0.355 e. The highest BCUT2D eigenvalue weighted by molar-refractivity contribution is 5.83. The molecular formula is C17H26N4O2. The van der Waals surface area contributed by atoms with E-state index in [-0.39, 0.29) is 23.4 Å². The number of carbonyl (C=O) groups is 1. The summed E-state index contributed by atoms with van der Waals surface area (Å²) in [6.45, 7) is 7.49. The zero-order chi connectivity index (χ0) is 16.4. The van der Waals surface area contributed by atoms with E-state index in [1.807, 2.05) is 13.8 Å². The fraction of sp³-hybridized carbons (Fsp3) is 0.706. The first-order valence-electron chi connectivity index (χ1n) is 8.62. The summed E-state index contributed by atoms with van der Waals surface area (Å²) >= 11 is 0. The Kier molecular flexibility index (Phi) is 4.80. The fourth-order valence-electron chi connectivity index (χ4n) is 3.55. The predicted molar refractivity (Wildman–Crippen MR) is 88.3 cm³/mol. The van der Waals surface area contributed by atoms with E-state index in [0.717, 1.165) is 51.1 Å². The molecule has 23 heavy (non-hydrogen) atoms. The van der Waals surface area contributed by atoms with E-state index in [4.69, 9.17) is 0 Å². The van der Waals surface area contributed by atoms with Crippen LogP contribution in [0.2, 0.25) is 0 Å². The van der Waals surface area contributed by atoms with Crippen LogP contribution in [0.15, 0.2) is 17.2 Å². The molecule has 0 spiro atoms. The number of carbonyl (C=O) groups excluding carboxylic acids is 1. The molecule has 2 saturated heterocycles. The average molecular weight is 318 g/mol. The molecule has 126 valence electrons. The van der Waals surface area contributed by atoms with Gasteiger partial charge in [0.15, 0.2) is 0 Å². The van der Waals surface area contributed by atoms with Gasteiger partial charge in [0.1, 0.15) is 0 Å². The van der Waals surface area contributed by atoms with Crippen molar-refractivity contribution in [2.24, 2.45) is 5.92 Å². The van der Waals surface area contributed by atoms with E-state index in [2.05, 4.69) is 15.2 Å². The smallest absolute Gasteiger partial charge is 0.253 e. The summed E-state index contributed by atoms with van der Waals surface area (Å²) in [5.41, 5.74) is 0.898. The molecule has 0 aliphatic carbocycles. The summed E-state index contributed by atoms with van der Waals surface area (Å²) in [5.74, 6) is 0.936. The second-order valence-electron chi connectivity index (χ2n) is 7.03. The SMILES string of the molecule is CC(C)c1cc(=O)n(CC2CCN(C3CCNC3=O)CC2)cn1. The summed E-state index contributed by atoms with van der Waals surface area (Å²) in [7, 11) is 0. The third kappa shape index (κ3) is 3.63. The summed E-state index contributed by atoms with van der Waals surface area (Å²) in [6, 6.07) is 1.72. The van der Waals surface area contributed by atoms with E-state index in [1.165, 1.54) is 0 Å². The zero-order valence-corrected chi connectivity index (χ0v) is 14.0. The van der Waals surface area contributed by atoms with Gasteiger partial charge in [-0.2, -0.15) is 0 Å². The highest BCUT2D eigenvalue weighted by Crippen LogP contribution is 2.22. The van der Waals surface area contributed by atoms with E-state index in [1.54, 1.807) is 17.0 Å². The minimum Gasteiger partial charge on any atom is -0.355 e. The Bertz CT molecular complexity index is 617. The van der Waals surface area contributed by atoms with Crippen LogP contribution in [-0.2, 0) is 11.3 Å². The highest BCUT2D eigenvalue weighted by atomic mass is 16.2. The Morgan fingerprint density at radius 1 is 1.26 bits per heavy atom. The van der Waals surface area contributed by atoms with E-state index in [9.17, 15) is 9.59 Å². The number of rotatable bonds is 4. The molecule has 0 saturated carbocycles. The standard InChI is InChI=1S/C17H26N4O2/c1-12(2)14-9-16(22)21(11-19-14)10-13-4-7-20(8-5-13)15-3-6-18-17(15)23/h9,11-13,15H,3-8,10H2,1-2H3,(H,18,23). The molecule has 0 radical (unpaired) electrons. The van der Waals surface area contributed by atoms with Gasteiger partial charge in [-0.25, -0.2) is 4.98 Å². The lowest BCUT2D eigenvalue weighted by Gasteiger charge is -2.34. The molecule has 1 N–H and O–H groups in total. The molecule has 1 amide bonds. The van der Waals surface area contributed by atoms with E-state index in [0.29, 0.717) is 5.92 Å². The molecule has 6 nitrogen and oxygen atoms in total. The van der Waals surface area contributed by atoms with Crippen LogP contribution in [0.25, 0.3) is 0 Å². The van der Waals surface area contributed by atoms with Crippen molar-refractivity contribution in [3.05, 3.63) is 28.4 Å². The van der Waals surface area contributed by atoms with Gasteiger partial charge >= 0.3 is 0 Å². The summed E-state index contributed by atoms with van der Waals surface area (Å²) in [4.78, 5) is 30.7. The first-order valence-corrected chi connectivity index (χ1v) is 8.62. The lowest BCUT2D eigenvalue weighted by atomic mass is 9.95. The monoisotopic (exact) mass is 318 g/mol. The van der Waals surface area contributed by atoms with Gasteiger partial charge in [-0.15, -0.1) is 0 Å². The Balaban J connectivity index is 1.56. The summed E-state index contributed by atoms with van der Waals surface area (Å²) in [5, 5.41) is 2.91. The van der Waals surface area contributed by atoms with Crippen molar-refractivity contribution in [3.63, 3.8) is 0 Å². The van der Waals surface area contributed by atoms with Crippen LogP contribution in [0.1, 0.15) is 44.7 Å². The van der Waals surface area contributed by atoms with Crippen LogP contribution in [0.3, 0.4) is 0 Å². The van der Waals surface area contributed by atoms with Crippen LogP contribution in [0.4, 0.5) is 0 Å². The maximum Gasteiger partial charge on any atom is 0.253 e. The molecule has 2 aliphatic rings. The minimum absolute atomic E-state index is 0.0429. The summed E-state index contributed by atoms with van der Waals surface area (Å²) < 4.78 is 1.73. The van der Waals surface area contributed by atoms with Gasteiger partial charge in [0.25, 0.3) is 5.56 Å². The lowest BCUT2D eigenvalue weighted by molar-refractivity contribution is -0.124. The average Bonchev–Trinajstić information content (AvgIpc) is 2.96. The van der Waals surface area contributed by atoms with Crippen molar-refractivity contribution in [2.45, 2.75) is 51.6 Å². The lowest BCUT2D eigenvalue weighted by Crippen LogP contribution is -2.45. The van der Waals surface area contributed by atoms with Gasteiger partial charge in [0.2, 0.25) is 5.91 Å². The van der Waals surface area contributed by atoms with Gasteiger partial charge in [-0.1, -0.05) is 13.8 Å². The predicted octanol–water partition coefficient (Wildman–Crippen LogP) is 0.967. The summed E-state index contributed by atoms with van der Waals surface area (Å²) in [6.07, 6.45) is 4.67. The van der Waals surface area contributed by atoms with Crippen LogP contribution >= 0.6 is 0 Å². The molecule has 1 atom stereocenters. The minimum atomic E-state index is 0.0429. The Labute approximate surface area is 136 Å². The third-order valence-electron chi connectivity index (χ3n) is 5.06. The fourth-order valence-corrected chi connectivity index (χ4v) is 3.55. The molecular weight excluding hydrogens is 292 g/mol. The second kappa shape index (κ2) is 6.83. The first kappa shape index (κ1) is 16.2. The number of aromatic nitrogens is 2. The second-order valence-corrected chi connectivity index (χ2v) is 7.03. The molecule has 2 fully saturated rings. The quantitative estimate of drug-likeness (QED) is 0.898. The number of hydrogen-bond acceptors (Lipinski definition) is 4. The number of hydrogen-bond donors (Lipinski definition) is 1. The maximum atomic E-state index is 12.2. The number of amides is 1. The number of likely N-dealkylation sites (tertiary alicyclic amines) is 1. The third-order valence-corrected chi connectivity index (χ3v) is 5.06. The molecule has 3 heterocycles. The van der Waals surface area contributed by atoms with Crippen molar-refractivity contribution in [2.75, 3.05) is 19.6 Å². The van der Waals surface area contributed by atoms with Crippen molar-refractivity contribution in [3.8, 4) is 0 Å². The molecule has 6 heteroatoms. The Morgan fingerprint density at radius 2 is 2.00 bits per heavy atom. The van der Waals surface area contributed by atoms with Crippen LogP contribution in [-0.4, -0.2) is 46.0 Å². The van der Waals surface area contributed by atoms with Crippen molar-refractivity contribution in [1.82, 2.24) is 19.8 Å². The highest BCUT2D eigenvalue weighted by Gasteiger charge is 2.32. The maximum absolute atomic E-state index is 12.2. The number of nitrogens with zero attached hydrogens (tertiary/aromatic N) is 3. The zero-order valence-electron chi connectivity index (χ0n) is 14.0. The molecule has 0 aromatic carbocycles. The topological polar surface area (TPSA) is 67.2 Å². The van der Waals surface area contributed by atoms with Gasteiger partial charge in [0.05, 0.1) is 18.1 Å². The Hall–Kier alpha value is -1.69. The molecule has 1 aromatic rings. The van der Waals surface area contributed by atoms with Crippen LogP contribution in [0.5, 0.6) is 0 Å². The van der Waals surface area contributed by atoms with E-state index < -0.39 is 0 Å². The van der Waals surface area contributed by atoms with Crippen LogP contribution < -0.4 is 10.9 Å². The van der Waals surface area contributed by atoms with Crippen LogP contribution in [0, 0.1) is 5.92 Å². The molecule has 1 aromatic heterocycles. The van der Waals surface area contributed by atoms with Gasteiger partial charge in [-0.05, 0) is 44.2 Å². The van der Waals surface area contributed by atoms with Gasteiger partial charge in [0, 0.05) is 19.2 Å². The van der Waals surface area contributed by atoms with Gasteiger partial charge < -0.3 is 5.32 Å². The van der Waals surface area contributed by atoms with Crippen molar-refractivity contribution >= 4 is 5.91 Å². The molecule has 2 aliphatic heterocycles. The normalized spacial score (nSPS) is 23.4. The van der Waals surface area contributed by atoms with Gasteiger partial charge in [-0.3, -0.25) is 19.1 Å². The molecule has 1 unspecified atom stereocenters. The number of piperidine rings is 1. The van der Waals surface area contributed by atoms with Crippen molar-refractivity contribution in [1.29, 1.82) is 0 Å². The van der Waals surface area contributed by atoms with E-state index >= 15 is 0 Å². The molecule has 3 rings (SSSR count). The number of nitrogens with one attached hydrogen (secondary N) is 1.